The largest absolute Gasteiger partial charge is 0.303 e. The Hall–Kier alpha value is -0.470. The molecular weight excluding hydrogens is 238 g/mol. The Kier molecular flexibility index (Phi) is 5.58. The molecule has 0 bridgehead atoms. The Balaban J connectivity index is 1.92. The van der Waals surface area contributed by atoms with E-state index in [-0.39, 0.29) is 0 Å². The van der Waals surface area contributed by atoms with Crippen molar-refractivity contribution in [1.29, 1.82) is 0 Å². The Morgan fingerprint density at radius 3 is 2.94 bits per heavy atom. The van der Waals surface area contributed by atoms with Crippen LogP contribution in [0.3, 0.4) is 0 Å². The topological polar surface area (TPSA) is 3.24 Å². The van der Waals surface area contributed by atoms with Crippen LogP contribution in [0.25, 0.3) is 0 Å². The van der Waals surface area contributed by atoms with Gasteiger partial charge in [0.05, 0.1) is 0 Å². The molecule has 1 atom stereocenters. The summed E-state index contributed by atoms with van der Waals surface area (Å²) in [5, 5.41) is 0. The number of piperidine rings is 1. The number of rotatable bonds is 5. The second kappa shape index (κ2) is 7.20. The number of aryl methyl sites for hydroxylation is 1. The Morgan fingerprint density at radius 1 is 1.33 bits per heavy atom. The van der Waals surface area contributed by atoms with Crippen LogP contribution in [0.15, 0.2) is 24.3 Å². The van der Waals surface area contributed by atoms with Gasteiger partial charge in [-0.25, -0.2) is 0 Å². The highest BCUT2D eigenvalue weighted by molar-refractivity contribution is 7.98. The number of hydrogen-bond donors (Lipinski definition) is 0. The molecule has 0 aromatic heterocycles. The van der Waals surface area contributed by atoms with Crippen molar-refractivity contribution in [2.45, 2.75) is 32.1 Å². The van der Waals surface area contributed by atoms with E-state index in [1.807, 2.05) is 11.8 Å². The average Bonchev–Trinajstić information content (AvgIpc) is 2.40. The molecule has 1 nitrogen and oxygen atoms in total. The van der Waals surface area contributed by atoms with Crippen molar-refractivity contribution in [3.63, 3.8) is 0 Å². The van der Waals surface area contributed by atoms with Crippen LogP contribution in [-0.4, -0.2) is 36.5 Å². The maximum absolute atomic E-state index is 2.66. The summed E-state index contributed by atoms with van der Waals surface area (Å²) in [7, 11) is 0. The average molecular weight is 263 g/mol. The van der Waals surface area contributed by atoms with Gasteiger partial charge in [0.1, 0.15) is 0 Å². The molecule has 0 unspecified atom stereocenters. The molecule has 2 heteroatoms. The summed E-state index contributed by atoms with van der Waals surface area (Å²) in [5.41, 5.74) is 3.04. The SMILES string of the molecule is CSCCCN1CCC[C@@H](c2ccccc2C)C1. The van der Waals surface area contributed by atoms with Crippen molar-refractivity contribution >= 4 is 11.8 Å². The fraction of sp³-hybridized carbons (Fsp3) is 0.625. The Labute approximate surface area is 116 Å². The van der Waals surface area contributed by atoms with E-state index in [1.54, 1.807) is 5.56 Å². The van der Waals surface area contributed by atoms with Gasteiger partial charge >= 0.3 is 0 Å². The summed E-state index contributed by atoms with van der Waals surface area (Å²) in [6, 6.07) is 8.92. The molecule has 1 aromatic carbocycles. The summed E-state index contributed by atoms with van der Waals surface area (Å²) in [4.78, 5) is 2.66. The third kappa shape index (κ3) is 3.76. The number of thioether (sulfide) groups is 1. The molecule has 2 rings (SSSR count). The van der Waals surface area contributed by atoms with Crippen LogP contribution >= 0.6 is 11.8 Å². The number of nitrogens with zero attached hydrogens (tertiary/aromatic N) is 1. The first-order valence-electron chi connectivity index (χ1n) is 7.08. The fourth-order valence-electron chi connectivity index (χ4n) is 2.99. The van der Waals surface area contributed by atoms with E-state index in [2.05, 4.69) is 42.3 Å². The lowest BCUT2D eigenvalue weighted by Crippen LogP contribution is -2.35. The van der Waals surface area contributed by atoms with Crippen molar-refractivity contribution in [1.82, 2.24) is 4.90 Å². The van der Waals surface area contributed by atoms with Crippen LogP contribution in [0.5, 0.6) is 0 Å². The maximum Gasteiger partial charge on any atom is 0.00504 e. The summed E-state index contributed by atoms with van der Waals surface area (Å²) in [6.45, 7) is 6.10. The molecular formula is C16H25NS. The van der Waals surface area contributed by atoms with E-state index in [0.717, 1.165) is 5.92 Å². The third-order valence-electron chi connectivity index (χ3n) is 3.96. The highest BCUT2D eigenvalue weighted by Crippen LogP contribution is 2.28. The Morgan fingerprint density at radius 2 is 2.17 bits per heavy atom. The van der Waals surface area contributed by atoms with Crippen LogP contribution in [0, 0.1) is 6.92 Å². The molecule has 0 spiro atoms. The van der Waals surface area contributed by atoms with Crippen LogP contribution in [-0.2, 0) is 0 Å². The first-order chi connectivity index (χ1) is 8.81. The molecule has 1 heterocycles. The lowest BCUT2D eigenvalue weighted by Gasteiger charge is -2.33. The minimum atomic E-state index is 0.759. The molecule has 0 amide bonds. The molecule has 1 aromatic rings. The number of likely N-dealkylation sites (tertiary alicyclic amines) is 1. The van der Waals surface area contributed by atoms with Crippen molar-refractivity contribution < 1.29 is 0 Å². The zero-order chi connectivity index (χ0) is 12.8. The van der Waals surface area contributed by atoms with Crippen LogP contribution in [0.1, 0.15) is 36.3 Å². The van der Waals surface area contributed by atoms with Crippen molar-refractivity contribution in [2.24, 2.45) is 0 Å². The van der Waals surface area contributed by atoms with E-state index < -0.39 is 0 Å². The van der Waals surface area contributed by atoms with Crippen LogP contribution in [0.2, 0.25) is 0 Å². The fourth-order valence-corrected chi connectivity index (χ4v) is 3.41. The van der Waals surface area contributed by atoms with Gasteiger partial charge < -0.3 is 4.90 Å². The van der Waals surface area contributed by atoms with Gasteiger partial charge in [0.2, 0.25) is 0 Å². The van der Waals surface area contributed by atoms with Gasteiger partial charge in [0.15, 0.2) is 0 Å². The molecule has 1 aliphatic rings. The summed E-state index contributed by atoms with van der Waals surface area (Å²) in [6.07, 6.45) is 6.26. The first-order valence-corrected chi connectivity index (χ1v) is 8.47. The minimum absolute atomic E-state index is 0.759. The molecule has 1 aliphatic heterocycles. The summed E-state index contributed by atoms with van der Waals surface area (Å²) < 4.78 is 0. The second-order valence-corrected chi connectivity index (χ2v) is 6.33. The molecule has 1 fully saturated rings. The zero-order valence-electron chi connectivity index (χ0n) is 11.7. The minimum Gasteiger partial charge on any atom is -0.303 e. The van der Waals surface area contributed by atoms with E-state index in [4.69, 9.17) is 0 Å². The monoisotopic (exact) mass is 263 g/mol. The number of hydrogen-bond acceptors (Lipinski definition) is 2. The second-order valence-electron chi connectivity index (χ2n) is 5.34. The standard InChI is InChI=1S/C16H25NS/c1-14-7-3-4-9-16(14)15-8-5-10-17(13-15)11-6-12-18-2/h3-4,7,9,15H,5-6,8,10-13H2,1-2H3/t15-/m1/s1. The molecule has 1 saturated heterocycles. The predicted octanol–water partition coefficient (Wildman–Crippen LogP) is 3.93. The van der Waals surface area contributed by atoms with Crippen LogP contribution in [0.4, 0.5) is 0 Å². The third-order valence-corrected chi connectivity index (χ3v) is 4.65. The first kappa shape index (κ1) is 14.0. The lowest BCUT2D eigenvalue weighted by atomic mass is 9.88. The van der Waals surface area contributed by atoms with Gasteiger partial charge in [-0.1, -0.05) is 24.3 Å². The van der Waals surface area contributed by atoms with Gasteiger partial charge in [-0.05, 0) is 68.3 Å². The van der Waals surface area contributed by atoms with Gasteiger partial charge in [-0.3, -0.25) is 0 Å². The van der Waals surface area contributed by atoms with Gasteiger partial charge in [-0.15, -0.1) is 0 Å². The van der Waals surface area contributed by atoms with E-state index in [9.17, 15) is 0 Å². The normalized spacial score (nSPS) is 21.1. The van der Waals surface area contributed by atoms with E-state index in [0.29, 0.717) is 0 Å². The highest BCUT2D eigenvalue weighted by Gasteiger charge is 2.21. The molecule has 0 N–H and O–H groups in total. The van der Waals surface area contributed by atoms with Crippen molar-refractivity contribution in [3.8, 4) is 0 Å². The zero-order valence-corrected chi connectivity index (χ0v) is 12.5. The molecule has 0 saturated carbocycles. The number of benzene rings is 1. The van der Waals surface area contributed by atoms with E-state index >= 15 is 0 Å². The summed E-state index contributed by atoms with van der Waals surface area (Å²) in [5.74, 6) is 2.06. The van der Waals surface area contributed by atoms with Crippen LogP contribution < -0.4 is 0 Å². The highest BCUT2D eigenvalue weighted by atomic mass is 32.2. The molecule has 100 valence electrons. The molecule has 18 heavy (non-hydrogen) atoms. The molecule has 0 radical (unpaired) electrons. The van der Waals surface area contributed by atoms with Gasteiger partial charge in [-0.2, -0.15) is 11.8 Å². The predicted molar refractivity (Wildman–Crippen MR) is 82.6 cm³/mol. The Bertz CT molecular complexity index is 364. The van der Waals surface area contributed by atoms with Gasteiger partial charge in [0.25, 0.3) is 0 Å². The van der Waals surface area contributed by atoms with Crippen molar-refractivity contribution in [2.75, 3.05) is 31.6 Å². The van der Waals surface area contributed by atoms with E-state index in [1.165, 1.54) is 50.2 Å². The lowest BCUT2D eigenvalue weighted by molar-refractivity contribution is 0.208. The molecule has 0 aliphatic carbocycles. The maximum atomic E-state index is 2.66. The smallest absolute Gasteiger partial charge is 0.00504 e. The van der Waals surface area contributed by atoms with Crippen molar-refractivity contribution in [3.05, 3.63) is 35.4 Å². The quantitative estimate of drug-likeness (QED) is 0.741. The van der Waals surface area contributed by atoms with Gasteiger partial charge in [0, 0.05) is 6.54 Å². The summed E-state index contributed by atoms with van der Waals surface area (Å²) >= 11 is 1.96.